The molecule has 0 spiro atoms. The van der Waals surface area contributed by atoms with Gasteiger partial charge in [0.15, 0.2) is 0 Å². The molecule has 184 valence electrons. The number of benzene rings is 2. The highest BCUT2D eigenvalue weighted by atomic mass is 16.6. The van der Waals surface area contributed by atoms with Gasteiger partial charge in [0.1, 0.15) is 24.4 Å². The highest BCUT2D eigenvalue weighted by Gasteiger charge is 2.29. The van der Waals surface area contributed by atoms with Gasteiger partial charge in [-0.15, -0.1) is 0 Å². The molecule has 0 aliphatic rings. The number of alkyl carbamates (subject to hydrolysis) is 1. The van der Waals surface area contributed by atoms with Crippen molar-refractivity contribution in [3.05, 3.63) is 65.9 Å². The van der Waals surface area contributed by atoms with E-state index < -0.39 is 36.1 Å². The Kier molecular flexibility index (Phi) is 8.41. The number of phenolic OH excluding ortho intramolecular Hbond substituents is 1. The van der Waals surface area contributed by atoms with Crippen LogP contribution < -0.4 is 11.1 Å². The number of hydrogen-bond donors (Lipinski definition) is 5. The van der Waals surface area contributed by atoms with E-state index >= 15 is 0 Å². The van der Waals surface area contributed by atoms with Gasteiger partial charge >= 0.3 is 24.0 Å². The Hall–Kier alpha value is -4.38. The zero-order valence-corrected chi connectivity index (χ0v) is 18.6. The fourth-order valence-electron chi connectivity index (χ4n) is 3.30. The largest absolute Gasteiger partial charge is 0.508 e. The van der Waals surface area contributed by atoms with Gasteiger partial charge in [-0.1, -0.05) is 30.3 Å². The number of H-pyrrole nitrogens is 1. The predicted octanol–water partition coefficient (Wildman–Crippen LogP) is 1.97. The molecule has 2 aromatic carbocycles. The van der Waals surface area contributed by atoms with Gasteiger partial charge < -0.3 is 35.7 Å². The van der Waals surface area contributed by atoms with Crippen LogP contribution in [0.2, 0.25) is 0 Å². The quantitative estimate of drug-likeness (QED) is 0.213. The lowest BCUT2D eigenvalue weighted by Gasteiger charge is -2.18. The van der Waals surface area contributed by atoms with Crippen LogP contribution in [0.15, 0.2) is 54.7 Å². The summed E-state index contributed by atoms with van der Waals surface area (Å²) in [6.07, 6.45) is -0.0135. The first kappa shape index (κ1) is 25.2. The Balaban J connectivity index is 1.72. The third kappa shape index (κ3) is 7.30. The number of carboxylic acid groups (broad SMARTS) is 1. The Morgan fingerprint density at radius 2 is 1.80 bits per heavy atom. The van der Waals surface area contributed by atoms with Gasteiger partial charge in [0.2, 0.25) is 0 Å². The molecule has 0 saturated carbocycles. The summed E-state index contributed by atoms with van der Waals surface area (Å²) in [4.78, 5) is 51.1. The summed E-state index contributed by atoms with van der Waals surface area (Å²) in [5.41, 5.74) is 7.59. The van der Waals surface area contributed by atoms with E-state index in [-0.39, 0.29) is 31.6 Å². The number of ether oxygens (including phenoxy) is 2. The summed E-state index contributed by atoms with van der Waals surface area (Å²) in [5.74, 6) is -3.35. The number of fused-ring (bicyclic) bond motifs is 1. The number of esters is 2. The molecule has 11 nitrogen and oxygen atoms in total. The maximum atomic E-state index is 12.8. The monoisotopic (exact) mass is 483 g/mol. The van der Waals surface area contributed by atoms with Crippen LogP contribution in [0.5, 0.6) is 5.75 Å². The number of carboxylic acids is 1. The minimum Gasteiger partial charge on any atom is -0.508 e. The molecule has 3 rings (SSSR count). The maximum absolute atomic E-state index is 12.8. The summed E-state index contributed by atoms with van der Waals surface area (Å²) in [5, 5.41) is 21.6. The second-order valence-corrected chi connectivity index (χ2v) is 7.79. The molecule has 0 bridgehead atoms. The molecule has 0 aliphatic heterocycles. The molecule has 0 aliphatic carbocycles. The van der Waals surface area contributed by atoms with Gasteiger partial charge in [0.05, 0.1) is 0 Å². The van der Waals surface area contributed by atoms with E-state index in [1.54, 1.807) is 36.5 Å². The van der Waals surface area contributed by atoms with Gasteiger partial charge in [0.25, 0.3) is 0 Å². The van der Waals surface area contributed by atoms with E-state index in [4.69, 9.17) is 20.3 Å². The number of aliphatic carboxylic acids is 1. The minimum absolute atomic E-state index is 0.00675. The third-order valence-corrected chi connectivity index (χ3v) is 5.14. The Bertz CT molecular complexity index is 1210. The predicted molar refractivity (Wildman–Crippen MR) is 123 cm³/mol. The smallest absolute Gasteiger partial charge is 0.408 e. The van der Waals surface area contributed by atoms with Gasteiger partial charge in [-0.25, -0.2) is 14.4 Å². The number of rotatable bonds is 10. The molecule has 2 atom stereocenters. The molecule has 6 N–H and O–H groups in total. The van der Waals surface area contributed by atoms with Crippen LogP contribution in [-0.4, -0.2) is 51.3 Å². The summed E-state index contributed by atoms with van der Waals surface area (Å²) >= 11 is 0. The molecular weight excluding hydrogens is 458 g/mol. The van der Waals surface area contributed by atoms with Crippen molar-refractivity contribution in [2.75, 3.05) is 0 Å². The van der Waals surface area contributed by atoms with Crippen LogP contribution in [0.25, 0.3) is 10.9 Å². The van der Waals surface area contributed by atoms with Gasteiger partial charge in [0, 0.05) is 29.9 Å². The van der Waals surface area contributed by atoms with Crippen LogP contribution >= 0.6 is 0 Å². The SMILES string of the molecule is N[C@@H](CCC(=O)O)C(=O)OC(=O)[C@H](Cc1c[nH]c2ccc(O)cc12)NC(=O)OCc1ccccc1. The number of nitrogens with two attached hydrogens (primary N) is 1. The molecule has 1 heterocycles. The number of aromatic amines is 1. The highest BCUT2D eigenvalue weighted by Crippen LogP contribution is 2.24. The first-order chi connectivity index (χ1) is 16.7. The summed E-state index contributed by atoms with van der Waals surface area (Å²) < 4.78 is 10.0. The van der Waals surface area contributed by atoms with Crippen molar-refractivity contribution in [2.45, 2.75) is 38.0 Å². The van der Waals surface area contributed by atoms with Crippen LogP contribution in [-0.2, 0) is 36.9 Å². The molecule has 0 radical (unpaired) electrons. The average Bonchev–Trinajstić information content (AvgIpc) is 3.23. The number of hydrogen-bond acceptors (Lipinski definition) is 8. The lowest BCUT2D eigenvalue weighted by molar-refractivity contribution is -0.162. The Morgan fingerprint density at radius 1 is 1.06 bits per heavy atom. The second kappa shape index (κ2) is 11.7. The van der Waals surface area contributed by atoms with Crippen molar-refractivity contribution in [1.82, 2.24) is 10.3 Å². The van der Waals surface area contributed by atoms with E-state index in [2.05, 4.69) is 10.3 Å². The van der Waals surface area contributed by atoms with Crippen LogP contribution in [0.1, 0.15) is 24.0 Å². The van der Waals surface area contributed by atoms with E-state index in [0.717, 1.165) is 5.56 Å². The number of aromatic nitrogens is 1. The molecular formula is C24H25N3O8. The zero-order chi connectivity index (χ0) is 25.4. The number of carbonyl (C=O) groups excluding carboxylic acids is 3. The molecule has 0 fully saturated rings. The summed E-state index contributed by atoms with van der Waals surface area (Å²) in [6, 6.07) is 10.9. The van der Waals surface area contributed by atoms with Crippen molar-refractivity contribution in [1.29, 1.82) is 0 Å². The lowest BCUT2D eigenvalue weighted by Crippen LogP contribution is -2.46. The molecule has 11 heteroatoms. The normalized spacial score (nSPS) is 12.5. The molecule has 3 aromatic rings. The van der Waals surface area contributed by atoms with Crippen molar-refractivity contribution in [3.8, 4) is 5.75 Å². The van der Waals surface area contributed by atoms with E-state index in [1.165, 1.54) is 12.1 Å². The number of carbonyl (C=O) groups is 4. The number of nitrogens with one attached hydrogen (secondary N) is 2. The molecule has 1 amide bonds. The van der Waals surface area contributed by atoms with E-state index in [0.29, 0.717) is 16.5 Å². The highest BCUT2D eigenvalue weighted by molar-refractivity contribution is 5.93. The van der Waals surface area contributed by atoms with Crippen LogP contribution in [0.3, 0.4) is 0 Å². The van der Waals surface area contributed by atoms with Crippen molar-refractivity contribution >= 4 is 34.9 Å². The molecule has 1 aromatic heterocycles. The van der Waals surface area contributed by atoms with E-state index in [9.17, 15) is 24.3 Å². The first-order valence-electron chi connectivity index (χ1n) is 10.7. The summed E-state index contributed by atoms with van der Waals surface area (Å²) in [7, 11) is 0. The second-order valence-electron chi connectivity index (χ2n) is 7.79. The fraction of sp³-hybridized carbons (Fsp3) is 0.250. The number of aromatic hydroxyl groups is 1. The van der Waals surface area contributed by atoms with Crippen LogP contribution in [0, 0.1) is 0 Å². The third-order valence-electron chi connectivity index (χ3n) is 5.14. The van der Waals surface area contributed by atoms with Gasteiger partial charge in [-0.05, 0) is 35.7 Å². The van der Waals surface area contributed by atoms with Gasteiger partial charge in [-0.2, -0.15) is 0 Å². The lowest BCUT2D eigenvalue weighted by atomic mass is 10.0. The molecule has 35 heavy (non-hydrogen) atoms. The van der Waals surface area contributed by atoms with Gasteiger partial charge in [-0.3, -0.25) is 4.79 Å². The Morgan fingerprint density at radius 3 is 2.51 bits per heavy atom. The molecule has 0 saturated heterocycles. The average molecular weight is 483 g/mol. The first-order valence-corrected chi connectivity index (χ1v) is 10.7. The Labute approximate surface area is 199 Å². The maximum Gasteiger partial charge on any atom is 0.408 e. The number of amides is 1. The van der Waals surface area contributed by atoms with Crippen molar-refractivity contribution < 1.29 is 38.9 Å². The summed E-state index contributed by atoms with van der Waals surface area (Å²) in [6.45, 7) is -0.0472. The van der Waals surface area contributed by atoms with Crippen molar-refractivity contribution in [3.63, 3.8) is 0 Å². The van der Waals surface area contributed by atoms with E-state index in [1.807, 2.05) is 6.07 Å². The van der Waals surface area contributed by atoms with Crippen LogP contribution in [0.4, 0.5) is 4.79 Å². The minimum atomic E-state index is -1.34. The number of phenols is 1. The van der Waals surface area contributed by atoms with Crippen molar-refractivity contribution in [2.24, 2.45) is 5.73 Å². The topological polar surface area (TPSA) is 181 Å². The fourth-order valence-corrected chi connectivity index (χ4v) is 3.30. The molecule has 0 unspecified atom stereocenters. The standard InChI is InChI=1S/C24H25N3O8/c25-18(7-9-21(29)30)22(31)35-23(32)20(27-24(33)34-13-14-4-2-1-3-5-14)10-15-12-26-19-8-6-16(28)11-17(15)19/h1-6,8,11-12,18,20,26,28H,7,9-10,13,25H2,(H,27,33)(H,29,30)/t18-,20-/m0/s1. The zero-order valence-electron chi connectivity index (χ0n) is 18.6.